The fourth-order valence-corrected chi connectivity index (χ4v) is 0.732. The van der Waals surface area contributed by atoms with Gasteiger partial charge in [-0.3, -0.25) is 4.68 Å². The first-order valence-corrected chi connectivity index (χ1v) is 3.19. The molecule has 56 valence electrons. The highest BCUT2D eigenvalue weighted by atomic mass is 19.1. The summed E-state index contributed by atoms with van der Waals surface area (Å²) in [7, 11) is 1.77. The molecule has 0 aliphatic rings. The van der Waals surface area contributed by atoms with E-state index in [-0.39, 0.29) is 0 Å². The smallest absolute Gasteiger partial charge is 0.149 e. The number of rotatable bonds is 1. The summed E-state index contributed by atoms with van der Waals surface area (Å²) in [6.45, 7) is 2.99. The molecule has 3 heteroatoms. The van der Waals surface area contributed by atoms with Crippen molar-refractivity contribution in [3.05, 3.63) is 18.0 Å². The van der Waals surface area contributed by atoms with Crippen LogP contribution in [0.2, 0.25) is 0 Å². The van der Waals surface area contributed by atoms with Gasteiger partial charge in [-0.05, 0) is 19.9 Å². The summed E-state index contributed by atoms with van der Waals surface area (Å²) in [6, 6.07) is 1.68. The maximum Gasteiger partial charge on any atom is 0.149 e. The summed E-state index contributed by atoms with van der Waals surface area (Å²) in [5, 5.41) is 3.92. The number of alkyl halides is 1. The maximum atomic E-state index is 13.1. The third kappa shape index (κ3) is 1.35. The Morgan fingerprint density at radius 1 is 1.60 bits per heavy atom. The van der Waals surface area contributed by atoms with Crippen molar-refractivity contribution in [3.63, 3.8) is 0 Å². The van der Waals surface area contributed by atoms with Gasteiger partial charge < -0.3 is 0 Å². The van der Waals surface area contributed by atoms with E-state index in [2.05, 4.69) is 5.10 Å². The molecule has 0 N–H and O–H groups in total. The van der Waals surface area contributed by atoms with Crippen LogP contribution < -0.4 is 0 Å². The van der Waals surface area contributed by atoms with Crippen LogP contribution in [0.4, 0.5) is 4.39 Å². The lowest BCUT2D eigenvalue weighted by atomic mass is 10.1. The van der Waals surface area contributed by atoms with Crippen molar-refractivity contribution in [2.75, 3.05) is 0 Å². The largest absolute Gasteiger partial charge is 0.275 e. The molecule has 0 fully saturated rings. The molecule has 0 unspecified atom stereocenters. The number of nitrogens with zero attached hydrogens (tertiary/aromatic N) is 2. The molecule has 1 aromatic heterocycles. The topological polar surface area (TPSA) is 17.8 Å². The predicted octanol–water partition coefficient (Wildman–Crippen LogP) is 1.62. The lowest BCUT2D eigenvalue weighted by Gasteiger charge is -2.08. The normalized spacial score (nSPS) is 12.0. The van der Waals surface area contributed by atoms with Crippen LogP contribution in [0.25, 0.3) is 0 Å². The molecule has 0 atom stereocenters. The zero-order valence-corrected chi connectivity index (χ0v) is 6.43. The fourth-order valence-electron chi connectivity index (χ4n) is 0.732. The van der Waals surface area contributed by atoms with Crippen LogP contribution >= 0.6 is 0 Å². The average molecular weight is 142 g/mol. The van der Waals surface area contributed by atoms with E-state index in [4.69, 9.17) is 0 Å². The van der Waals surface area contributed by atoms with E-state index >= 15 is 0 Å². The van der Waals surface area contributed by atoms with Gasteiger partial charge in [-0.15, -0.1) is 0 Å². The van der Waals surface area contributed by atoms with Crippen LogP contribution in [0.15, 0.2) is 12.3 Å². The first-order chi connectivity index (χ1) is 4.50. The van der Waals surface area contributed by atoms with Crippen molar-refractivity contribution in [2.45, 2.75) is 19.5 Å². The fraction of sp³-hybridized carbons (Fsp3) is 0.571. The Bertz CT molecular complexity index is 222. The minimum absolute atomic E-state index is 0.481. The summed E-state index contributed by atoms with van der Waals surface area (Å²) >= 11 is 0. The molecule has 1 aromatic rings. The highest BCUT2D eigenvalue weighted by Gasteiger charge is 2.20. The van der Waals surface area contributed by atoms with E-state index in [0.717, 1.165) is 0 Å². The highest BCUT2D eigenvalue weighted by molar-refractivity contribution is 5.07. The minimum atomic E-state index is -1.32. The Morgan fingerprint density at radius 3 is 2.40 bits per heavy atom. The summed E-state index contributed by atoms with van der Waals surface area (Å²) in [5.41, 5.74) is -0.837. The van der Waals surface area contributed by atoms with E-state index in [1.165, 1.54) is 13.8 Å². The van der Waals surface area contributed by atoms with E-state index in [0.29, 0.717) is 5.69 Å². The zero-order chi connectivity index (χ0) is 7.78. The number of hydrogen-bond acceptors (Lipinski definition) is 1. The molecule has 1 heterocycles. The van der Waals surface area contributed by atoms with Gasteiger partial charge in [0.25, 0.3) is 0 Å². The molecule has 0 aliphatic carbocycles. The van der Waals surface area contributed by atoms with Crippen molar-refractivity contribution in [2.24, 2.45) is 7.05 Å². The Labute approximate surface area is 59.7 Å². The van der Waals surface area contributed by atoms with Gasteiger partial charge in [-0.2, -0.15) is 5.10 Å². The van der Waals surface area contributed by atoms with Crippen molar-refractivity contribution in [1.82, 2.24) is 9.78 Å². The molecule has 0 amide bonds. The molecule has 0 spiro atoms. The van der Waals surface area contributed by atoms with E-state index < -0.39 is 5.67 Å². The van der Waals surface area contributed by atoms with Crippen LogP contribution in [-0.2, 0) is 12.7 Å². The van der Waals surface area contributed by atoms with Gasteiger partial charge >= 0.3 is 0 Å². The number of aromatic nitrogens is 2. The SMILES string of the molecule is Cn1ccc(C(C)(C)F)n1. The Morgan fingerprint density at radius 2 is 2.20 bits per heavy atom. The van der Waals surface area contributed by atoms with Gasteiger partial charge in [0.15, 0.2) is 0 Å². The van der Waals surface area contributed by atoms with Crippen molar-refractivity contribution in [1.29, 1.82) is 0 Å². The van der Waals surface area contributed by atoms with Crippen molar-refractivity contribution < 1.29 is 4.39 Å². The van der Waals surface area contributed by atoms with Crippen LogP contribution in [0.1, 0.15) is 19.5 Å². The van der Waals surface area contributed by atoms with Crippen LogP contribution in [-0.4, -0.2) is 9.78 Å². The highest BCUT2D eigenvalue weighted by Crippen LogP contribution is 2.21. The van der Waals surface area contributed by atoms with E-state index in [9.17, 15) is 4.39 Å². The number of halogens is 1. The Kier molecular flexibility index (Phi) is 1.50. The molecule has 0 bridgehead atoms. The monoisotopic (exact) mass is 142 g/mol. The van der Waals surface area contributed by atoms with Crippen LogP contribution in [0.5, 0.6) is 0 Å². The van der Waals surface area contributed by atoms with E-state index in [1.807, 2.05) is 0 Å². The quantitative estimate of drug-likeness (QED) is 0.582. The molecule has 0 radical (unpaired) electrons. The lowest BCUT2D eigenvalue weighted by molar-refractivity contribution is 0.213. The second kappa shape index (κ2) is 2.08. The molecule has 0 saturated heterocycles. The van der Waals surface area contributed by atoms with Gasteiger partial charge in [-0.1, -0.05) is 0 Å². The second-order valence-electron chi connectivity index (χ2n) is 2.85. The predicted molar refractivity (Wildman–Crippen MR) is 37.3 cm³/mol. The number of hydrogen-bond donors (Lipinski definition) is 0. The molecule has 10 heavy (non-hydrogen) atoms. The molecule has 2 nitrogen and oxygen atoms in total. The molecule has 1 rings (SSSR count). The minimum Gasteiger partial charge on any atom is -0.275 e. The summed E-state index contributed by atoms with van der Waals surface area (Å²) in [4.78, 5) is 0. The first kappa shape index (κ1) is 7.25. The van der Waals surface area contributed by atoms with Crippen LogP contribution in [0, 0.1) is 0 Å². The molecular weight excluding hydrogens is 131 g/mol. The molecule has 0 aliphatic heterocycles. The van der Waals surface area contributed by atoms with Gasteiger partial charge in [0.2, 0.25) is 0 Å². The Balaban J connectivity index is 2.96. The standard InChI is InChI=1S/C7H11FN2/c1-7(2,8)6-4-5-10(3)9-6/h4-5H,1-3H3. The van der Waals surface area contributed by atoms with Crippen molar-refractivity contribution >= 4 is 0 Å². The van der Waals surface area contributed by atoms with Gasteiger partial charge in [0.05, 0.1) is 5.69 Å². The van der Waals surface area contributed by atoms with Gasteiger partial charge in [-0.25, -0.2) is 4.39 Å². The third-order valence-electron chi connectivity index (χ3n) is 1.32. The average Bonchev–Trinajstić information content (AvgIpc) is 2.11. The van der Waals surface area contributed by atoms with Gasteiger partial charge in [0.1, 0.15) is 5.67 Å². The maximum absolute atomic E-state index is 13.1. The third-order valence-corrected chi connectivity index (χ3v) is 1.32. The molecule has 0 aromatic carbocycles. The first-order valence-electron chi connectivity index (χ1n) is 3.19. The summed E-state index contributed by atoms with van der Waals surface area (Å²) < 4.78 is 14.7. The molecule has 0 saturated carbocycles. The molecular formula is C7H11FN2. The second-order valence-corrected chi connectivity index (χ2v) is 2.85. The van der Waals surface area contributed by atoms with Crippen molar-refractivity contribution in [3.8, 4) is 0 Å². The van der Waals surface area contributed by atoms with E-state index in [1.54, 1.807) is 24.0 Å². The van der Waals surface area contributed by atoms with Gasteiger partial charge in [0, 0.05) is 13.2 Å². The summed E-state index contributed by atoms with van der Waals surface area (Å²) in [5.74, 6) is 0. The van der Waals surface area contributed by atoms with Crippen LogP contribution in [0.3, 0.4) is 0 Å². The number of aryl methyl sites for hydroxylation is 1. The summed E-state index contributed by atoms with van der Waals surface area (Å²) in [6.07, 6.45) is 1.73. The zero-order valence-electron chi connectivity index (χ0n) is 6.43. The Hall–Kier alpha value is -0.860. The lowest BCUT2D eigenvalue weighted by Crippen LogP contribution is -2.10.